The van der Waals surface area contributed by atoms with E-state index in [9.17, 15) is 0 Å². The van der Waals surface area contributed by atoms with Gasteiger partial charge in [0.2, 0.25) is 0 Å². The first kappa shape index (κ1) is 18.9. The molecular weight excluding hydrogens is 278 g/mol. The maximum Gasteiger partial charge on any atom is 0.119 e. The Morgan fingerprint density at radius 3 is 2.27 bits per heavy atom. The average molecular weight is 309 g/mol. The third kappa shape index (κ3) is 7.25. The first-order valence-electron chi connectivity index (χ1n) is 8.36. The number of rotatable bonds is 12. The molecule has 0 aromatic heterocycles. The number of nitrogens with two attached hydrogens (primary N) is 1. The number of hydrogen-bond acceptors (Lipinski definition) is 4. The minimum absolute atomic E-state index is 0.186. The lowest BCUT2D eigenvalue weighted by atomic mass is 9.94. The molecule has 0 fully saturated rings. The summed E-state index contributed by atoms with van der Waals surface area (Å²) in [6.45, 7) is 2.61. The van der Waals surface area contributed by atoms with Crippen molar-refractivity contribution < 1.29 is 14.9 Å². The molecule has 4 N–H and O–H groups in total. The lowest BCUT2D eigenvalue weighted by Gasteiger charge is -2.24. The lowest BCUT2D eigenvalue weighted by molar-refractivity contribution is 0.113. The molecule has 4 heteroatoms. The van der Waals surface area contributed by atoms with Gasteiger partial charge in [-0.25, -0.2) is 0 Å². The first-order chi connectivity index (χ1) is 10.6. The second kappa shape index (κ2) is 10.6. The second-order valence-corrected chi connectivity index (χ2v) is 6.09. The van der Waals surface area contributed by atoms with Crippen LogP contribution in [0, 0.1) is 0 Å². The molecule has 0 saturated carbocycles. The average Bonchev–Trinajstić information content (AvgIpc) is 2.56. The lowest BCUT2D eigenvalue weighted by Crippen LogP contribution is -2.47. The Labute approximate surface area is 134 Å². The van der Waals surface area contributed by atoms with E-state index in [1.54, 1.807) is 0 Å². The van der Waals surface area contributed by atoms with Gasteiger partial charge in [-0.15, -0.1) is 0 Å². The molecule has 0 bridgehead atoms. The summed E-state index contributed by atoms with van der Waals surface area (Å²) < 4.78 is 5.71. The van der Waals surface area contributed by atoms with Crippen molar-refractivity contribution in [2.75, 3.05) is 19.8 Å². The Hall–Kier alpha value is -1.10. The van der Waals surface area contributed by atoms with Gasteiger partial charge in [0.05, 0.1) is 25.4 Å². The molecule has 0 radical (unpaired) electrons. The van der Waals surface area contributed by atoms with Crippen LogP contribution in [0.15, 0.2) is 24.3 Å². The van der Waals surface area contributed by atoms with Crippen LogP contribution < -0.4 is 10.5 Å². The quantitative estimate of drug-likeness (QED) is 0.519. The number of aliphatic hydroxyl groups excluding tert-OH is 2. The van der Waals surface area contributed by atoms with Crippen LogP contribution in [-0.2, 0) is 6.42 Å². The highest BCUT2D eigenvalue weighted by molar-refractivity contribution is 5.27. The zero-order chi connectivity index (χ0) is 16.3. The van der Waals surface area contributed by atoms with E-state index in [1.165, 1.54) is 24.8 Å². The molecule has 0 unspecified atom stereocenters. The Kier molecular flexibility index (Phi) is 9.13. The highest BCUT2D eigenvalue weighted by atomic mass is 16.5. The van der Waals surface area contributed by atoms with Crippen molar-refractivity contribution in [1.29, 1.82) is 0 Å². The molecule has 4 nitrogen and oxygen atoms in total. The predicted molar refractivity (Wildman–Crippen MR) is 90.1 cm³/mol. The van der Waals surface area contributed by atoms with Gasteiger partial charge < -0.3 is 20.7 Å². The van der Waals surface area contributed by atoms with Gasteiger partial charge in [0.25, 0.3) is 0 Å². The Morgan fingerprint density at radius 2 is 1.68 bits per heavy atom. The number of ether oxygens (including phenoxy) is 1. The van der Waals surface area contributed by atoms with Gasteiger partial charge in [0.15, 0.2) is 0 Å². The van der Waals surface area contributed by atoms with Crippen LogP contribution in [0.1, 0.15) is 51.0 Å². The molecule has 0 spiro atoms. The fourth-order valence-electron chi connectivity index (χ4n) is 2.32. The second-order valence-electron chi connectivity index (χ2n) is 6.09. The van der Waals surface area contributed by atoms with Crippen molar-refractivity contribution in [3.8, 4) is 5.75 Å². The predicted octanol–water partition coefficient (Wildman–Crippen LogP) is 2.65. The van der Waals surface area contributed by atoms with Gasteiger partial charge in [0.1, 0.15) is 5.75 Å². The minimum atomic E-state index is -0.860. The van der Waals surface area contributed by atoms with E-state index in [2.05, 4.69) is 19.1 Å². The number of hydrogen-bond donors (Lipinski definition) is 3. The number of aliphatic hydroxyl groups is 2. The van der Waals surface area contributed by atoms with Crippen LogP contribution in [0.5, 0.6) is 5.75 Å². The van der Waals surface area contributed by atoms with Crippen molar-refractivity contribution in [3.05, 3.63) is 29.8 Å². The van der Waals surface area contributed by atoms with E-state index in [-0.39, 0.29) is 13.2 Å². The summed E-state index contributed by atoms with van der Waals surface area (Å²) >= 11 is 0. The molecule has 1 rings (SSSR count). The summed E-state index contributed by atoms with van der Waals surface area (Å²) in [7, 11) is 0. The summed E-state index contributed by atoms with van der Waals surface area (Å²) in [6.07, 6.45) is 7.18. The topological polar surface area (TPSA) is 75.7 Å². The zero-order valence-corrected chi connectivity index (χ0v) is 13.8. The highest BCUT2D eigenvalue weighted by Crippen LogP contribution is 2.16. The van der Waals surface area contributed by atoms with Crippen molar-refractivity contribution >= 4 is 0 Å². The number of benzene rings is 1. The Bertz CT molecular complexity index is 388. The summed E-state index contributed by atoms with van der Waals surface area (Å²) in [5, 5.41) is 18.3. The summed E-state index contributed by atoms with van der Waals surface area (Å²) in [6, 6.07) is 8.14. The van der Waals surface area contributed by atoms with Crippen molar-refractivity contribution in [2.24, 2.45) is 5.73 Å². The van der Waals surface area contributed by atoms with Crippen LogP contribution in [0.4, 0.5) is 0 Å². The molecule has 0 amide bonds. The molecule has 0 aliphatic rings. The largest absolute Gasteiger partial charge is 0.494 e. The zero-order valence-electron chi connectivity index (χ0n) is 13.8. The molecule has 1 aromatic carbocycles. The van der Waals surface area contributed by atoms with E-state index >= 15 is 0 Å². The first-order valence-corrected chi connectivity index (χ1v) is 8.36. The standard InChI is InChI=1S/C18H31NO3/c1-2-3-4-5-13-22-17-10-8-16(9-11-17)7-6-12-18(19,14-20)15-21/h8-11,20-21H,2-7,12-15,19H2,1H3. The Balaban J connectivity index is 2.27. The summed E-state index contributed by atoms with van der Waals surface area (Å²) in [5.41, 5.74) is 6.21. The van der Waals surface area contributed by atoms with Crippen molar-refractivity contribution in [1.82, 2.24) is 0 Å². The van der Waals surface area contributed by atoms with Crippen molar-refractivity contribution in [2.45, 2.75) is 57.4 Å². The Morgan fingerprint density at radius 1 is 1.00 bits per heavy atom. The maximum absolute atomic E-state index is 9.15. The molecule has 1 aromatic rings. The summed E-state index contributed by atoms with van der Waals surface area (Å²) in [5.74, 6) is 0.916. The number of unbranched alkanes of at least 4 members (excludes halogenated alkanes) is 3. The van der Waals surface area contributed by atoms with E-state index in [4.69, 9.17) is 20.7 Å². The molecule has 0 atom stereocenters. The highest BCUT2D eigenvalue weighted by Gasteiger charge is 2.21. The van der Waals surface area contributed by atoms with E-state index in [0.717, 1.165) is 31.6 Å². The fraction of sp³-hybridized carbons (Fsp3) is 0.667. The van der Waals surface area contributed by atoms with Crippen LogP contribution in [0.25, 0.3) is 0 Å². The summed E-state index contributed by atoms with van der Waals surface area (Å²) in [4.78, 5) is 0. The van der Waals surface area contributed by atoms with Crippen LogP contribution >= 0.6 is 0 Å². The number of aryl methyl sites for hydroxylation is 1. The molecule has 0 heterocycles. The smallest absolute Gasteiger partial charge is 0.119 e. The third-order valence-electron chi connectivity index (χ3n) is 3.96. The van der Waals surface area contributed by atoms with Crippen LogP contribution in [-0.4, -0.2) is 35.6 Å². The van der Waals surface area contributed by atoms with E-state index < -0.39 is 5.54 Å². The van der Waals surface area contributed by atoms with E-state index in [0.29, 0.717) is 6.42 Å². The molecular formula is C18H31NO3. The molecule has 0 saturated heterocycles. The van der Waals surface area contributed by atoms with Gasteiger partial charge in [-0.2, -0.15) is 0 Å². The van der Waals surface area contributed by atoms with Gasteiger partial charge >= 0.3 is 0 Å². The van der Waals surface area contributed by atoms with Gasteiger partial charge in [0, 0.05) is 0 Å². The molecule has 22 heavy (non-hydrogen) atoms. The molecule has 0 aliphatic carbocycles. The molecule has 126 valence electrons. The SMILES string of the molecule is CCCCCCOc1ccc(CCCC(N)(CO)CO)cc1. The fourth-order valence-corrected chi connectivity index (χ4v) is 2.32. The third-order valence-corrected chi connectivity index (χ3v) is 3.96. The van der Waals surface area contributed by atoms with E-state index in [1.807, 2.05) is 12.1 Å². The normalized spacial score (nSPS) is 11.6. The van der Waals surface area contributed by atoms with Gasteiger partial charge in [-0.1, -0.05) is 38.3 Å². The monoisotopic (exact) mass is 309 g/mol. The van der Waals surface area contributed by atoms with Crippen LogP contribution in [0.3, 0.4) is 0 Å². The maximum atomic E-state index is 9.15. The van der Waals surface area contributed by atoms with Gasteiger partial charge in [-0.3, -0.25) is 0 Å². The minimum Gasteiger partial charge on any atom is -0.494 e. The van der Waals surface area contributed by atoms with Gasteiger partial charge in [-0.05, 0) is 43.4 Å². The molecule has 0 aliphatic heterocycles. The van der Waals surface area contributed by atoms with Crippen molar-refractivity contribution in [3.63, 3.8) is 0 Å². The van der Waals surface area contributed by atoms with Crippen LogP contribution in [0.2, 0.25) is 0 Å².